The number of hydrogen-bond donors (Lipinski definition) is 3. The Morgan fingerprint density at radius 2 is 2.08 bits per heavy atom. The largest absolute Gasteiger partial charge is 0.449 e. The fourth-order valence-electron chi connectivity index (χ4n) is 3.65. The first-order valence-corrected chi connectivity index (χ1v) is 11.5. The molecule has 13 heteroatoms. The first-order chi connectivity index (χ1) is 17.1. The number of nitrogens with zero attached hydrogens (tertiary/aromatic N) is 4. The maximum absolute atomic E-state index is 12.1. The quantitative estimate of drug-likeness (QED) is 0.255. The molecule has 4 atom stereocenters. The average Bonchev–Trinajstić information content (AvgIpc) is 3.39. The highest BCUT2D eigenvalue weighted by atomic mass is 16.7. The number of esters is 1. The summed E-state index contributed by atoms with van der Waals surface area (Å²) in [5.41, 5.74) is -2.33. The Bertz CT molecular complexity index is 1120. The maximum atomic E-state index is 12.1. The van der Waals surface area contributed by atoms with E-state index in [1.807, 2.05) is 13.0 Å². The molecule has 1 fully saturated rings. The van der Waals surface area contributed by atoms with Crippen LogP contribution in [0.1, 0.15) is 46.2 Å². The first kappa shape index (κ1) is 27.3. The Morgan fingerprint density at radius 1 is 1.33 bits per heavy atom. The number of aromatic nitrogens is 3. The van der Waals surface area contributed by atoms with Crippen LogP contribution >= 0.6 is 0 Å². The molecule has 3 N–H and O–H groups in total. The zero-order valence-corrected chi connectivity index (χ0v) is 20.6. The highest BCUT2D eigenvalue weighted by Crippen LogP contribution is 2.41. The van der Waals surface area contributed by atoms with E-state index in [0.29, 0.717) is 11.9 Å². The van der Waals surface area contributed by atoms with Gasteiger partial charge in [0.1, 0.15) is 36.2 Å². The van der Waals surface area contributed by atoms with E-state index in [1.165, 1.54) is 10.6 Å². The first-order valence-electron chi connectivity index (χ1n) is 11.5. The van der Waals surface area contributed by atoms with Crippen LogP contribution in [0.25, 0.3) is 5.52 Å². The van der Waals surface area contributed by atoms with E-state index in [0.717, 1.165) is 12.7 Å². The van der Waals surface area contributed by atoms with E-state index in [9.17, 15) is 25.1 Å². The summed E-state index contributed by atoms with van der Waals surface area (Å²) in [4.78, 5) is 28.2. The SMILES string of the molecule is CCCCOC(=O)Nc1ncnn2c([C@]3(C#N)O[C@H](CO)[C@@H](OCOC(=O)C(C)(C)C)[C@H]3O)ccc12. The Labute approximate surface area is 207 Å². The molecule has 1 saturated heterocycles. The Balaban J connectivity index is 1.85. The molecular formula is C23H31N5O8. The van der Waals surface area contributed by atoms with Crippen molar-refractivity contribution in [3.63, 3.8) is 0 Å². The van der Waals surface area contributed by atoms with Gasteiger partial charge in [-0.05, 0) is 39.3 Å². The molecule has 0 aliphatic carbocycles. The zero-order valence-electron chi connectivity index (χ0n) is 20.6. The summed E-state index contributed by atoms with van der Waals surface area (Å²) in [5, 5.41) is 37.7. The smallest absolute Gasteiger partial charge is 0.412 e. The van der Waals surface area contributed by atoms with Gasteiger partial charge in [0.15, 0.2) is 12.6 Å². The van der Waals surface area contributed by atoms with Gasteiger partial charge in [0.2, 0.25) is 5.60 Å². The summed E-state index contributed by atoms with van der Waals surface area (Å²) in [5.74, 6) is -0.399. The molecule has 0 unspecified atom stereocenters. The van der Waals surface area contributed by atoms with Crippen molar-refractivity contribution in [1.82, 2.24) is 14.6 Å². The summed E-state index contributed by atoms with van der Waals surface area (Å²) < 4.78 is 22.8. The Kier molecular flexibility index (Phi) is 8.47. The third kappa shape index (κ3) is 5.41. The van der Waals surface area contributed by atoms with Crippen molar-refractivity contribution >= 4 is 23.4 Å². The van der Waals surface area contributed by atoms with Gasteiger partial charge >= 0.3 is 12.1 Å². The third-order valence-electron chi connectivity index (χ3n) is 5.62. The number of unbranched alkanes of at least 4 members (excludes halogenated alkanes) is 1. The van der Waals surface area contributed by atoms with E-state index in [4.69, 9.17) is 18.9 Å². The number of nitrogens with one attached hydrogen (secondary N) is 1. The molecule has 0 saturated carbocycles. The van der Waals surface area contributed by atoms with Crippen molar-refractivity contribution in [1.29, 1.82) is 5.26 Å². The summed E-state index contributed by atoms with van der Waals surface area (Å²) in [7, 11) is 0. The number of aliphatic hydroxyl groups is 2. The van der Waals surface area contributed by atoms with E-state index >= 15 is 0 Å². The standard InChI is InChI=1S/C23H31N5O8/c1-5-6-9-33-21(32)27-19-14-7-8-16(28(14)26-12-25-19)23(11-24)18(30)17(15(10-29)36-23)34-13-35-20(31)22(2,3)4/h7-8,12,15,17-18,29-30H,5-6,9-10,13H2,1-4H3,(H,25,26,27,32)/t15-,17-,18-,23+/m1/s1. The van der Waals surface area contributed by atoms with Gasteiger partial charge in [-0.2, -0.15) is 10.4 Å². The minimum atomic E-state index is -1.99. The van der Waals surface area contributed by atoms with Crippen molar-refractivity contribution in [2.75, 3.05) is 25.3 Å². The van der Waals surface area contributed by atoms with Crippen molar-refractivity contribution < 1.29 is 38.7 Å². The number of ether oxygens (including phenoxy) is 4. The number of nitriles is 1. The van der Waals surface area contributed by atoms with Crippen LogP contribution in [0, 0.1) is 16.7 Å². The number of rotatable bonds is 9. The van der Waals surface area contributed by atoms with Crippen LogP contribution in [-0.4, -0.2) is 75.2 Å². The van der Waals surface area contributed by atoms with Gasteiger partial charge in [-0.1, -0.05) is 13.3 Å². The molecule has 36 heavy (non-hydrogen) atoms. The fraction of sp³-hybridized carbons (Fsp3) is 0.609. The summed E-state index contributed by atoms with van der Waals surface area (Å²) in [6, 6.07) is 5.00. The van der Waals surface area contributed by atoms with Gasteiger partial charge in [0, 0.05) is 0 Å². The highest BCUT2D eigenvalue weighted by Gasteiger charge is 2.58. The van der Waals surface area contributed by atoms with E-state index in [1.54, 1.807) is 26.8 Å². The molecule has 2 aromatic heterocycles. The second kappa shape index (κ2) is 11.2. The summed E-state index contributed by atoms with van der Waals surface area (Å²) in [6.07, 6.45) is -1.84. The minimum Gasteiger partial charge on any atom is -0.449 e. The predicted octanol–water partition coefficient (Wildman–Crippen LogP) is 1.48. The number of carbonyl (C=O) groups is 2. The van der Waals surface area contributed by atoms with Crippen LogP contribution in [0.15, 0.2) is 18.5 Å². The number of carbonyl (C=O) groups excluding carboxylic acids is 2. The molecule has 3 heterocycles. The molecule has 1 aliphatic heterocycles. The molecule has 13 nitrogen and oxygen atoms in total. The van der Waals surface area contributed by atoms with Gasteiger partial charge in [0.05, 0.1) is 24.3 Å². The van der Waals surface area contributed by atoms with E-state index < -0.39 is 54.8 Å². The minimum absolute atomic E-state index is 0.119. The third-order valence-corrected chi connectivity index (χ3v) is 5.62. The number of anilines is 1. The van der Waals surface area contributed by atoms with Crippen LogP contribution in [0.3, 0.4) is 0 Å². The normalized spacial score (nSPS) is 23.9. The van der Waals surface area contributed by atoms with Crippen LogP contribution in [0.4, 0.5) is 10.6 Å². The maximum Gasteiger partial charge on any atom is 0.412 e. The number of aliphatic hydroxyl groups excluding tert-OH is 2. The molecule has 0 radical (unpaired) electrons. The average molecular weight is 506 g/mol. The molecule has 3 rings (SSSR count). The van der Waals surface area contributed by atoms with Crippen molar-refractivity contribution in [2.45, 2.75) is 64.4 Å². The second-order valence-corrected chi connectivity index (χ2v) is 9.30. The van der Waals surface area contributed by atoms with E-state index in [-0.39, 0.29) is 18.1 Å². The topological polar surface area (TPSA) is 178 Å². The molecule has 1 aliphatic rings. The lowest BCUT2D eigenvalue weighted by Gasteiger charge is -2.25. The van der Waals surface area contributed by atoms with Gasteiger partial charge < -0.3 is 29.2 Å². The Morgan fingerprint density at radius 3 is 2.72 bits per heavy atom. The van der Waals surface area contributed by atoms with Gasteiger partial charge in [-0.3, -0.25) is 10.1 Å². The van der Waals surface area contributed by atoms with E-state index in [2.05, 4.69) is 15.4 Å². The highest BCUT2D eigenvalue weighted by molar-refractivity contribution is 5.88. The second-order valence-electron chi connectivity index (χ2n) is 9.30. The van der Waals surface area contributed by atoms with Gasteiger partial charge in [0.25, 0.3) is 0 Å². The van der Waals surface area contributed by atoms with Crippen LogP contribution in [0.2, 0.25) is 0 Å². The van der Waals surface area contributed by atoms with Gasteiger partial charge in [-0.15, -0.1) is 0 Å². The summed E-state index contributed by atoms with van der Waals surface area (Å²) in [6.45, 7) is 6.16. The van der Waals surface area contributed by atoms with Crippen molar-refractivity contribution in [2.24, 2.45) is 5.41 Å². The molecule has 196 valence electrons. The van der Waals surface area contributed by atoms with Gasteiger partial charge in [-0.25, -0.2) is 14.3 Å². The molecule has 0 bridgehead atoms. The van der Waals surface area contributed by atoms with Crippen LogP contribution in [-0.2, 0) is 29.3 Å². The fourth-order valence-corrected chi connectivity index (χ4v) is 3.65. The number of amides is 1. The van der Waals surface area contributed by atoms with Crippen molar-refractivity contribution in [3.05, 3.63) is 24.2 Å². The monoisotopic (exact) mass is 505 g/mol. The van der Waals surface area contributed by atoms with Crippen LogP contribution in [0.5, 0.6) is 0 Å². The molecule has 0 spiro atoms. The predicted molar refractivity (Wildman–Crippen MR) is 123 cm³/mol. The number of hydrogen-bond acceptors (Lipinski definition) is 11. The zero-order chi connectivity index (χ0) is 26.5. The lowest BCUT2D eigenvalue weighted by molar-refractivity contribution is -0.177. The molecule has 1 amide bonds. The molecular weight excluding hydrogens is 474 g/mol. The lowest BCUT2D eigenvalue weighted by Crippen LogP contribution is -2.42. The molecule has 0 aromatic carbocycles. The Hall–Kier alpha value is -3.31. The number of fused-ring (bicyclic) bond motifs is 1. The van der Waals surface area contributed by atoms with Crippen molar-refractivity contribution in [3.8, 4) is 6.07 Å². The molecule has 2 aromatic rings. The van der Waals surface area contributed by atoms with Crippen LogP contribution < -0.4 is 5.32 Å². The lowest BCUT2D eigenvalue weighted by atomic mass is 9.92. The summed E-state index contributed by atoms with van der Waals surface area (Å²) >= 11 is 0.